The first kappa shape index (κ1) is 15.9. The second-order valence-electron chi connectivity index (χ2n) is 4.52. The third-order valence-corrected chi connectivity index (χ3v) is 3.14. The van der Waals surface area contributed by atoms with Crippen LogP contribution in [0.2, 0.25) is 0 Å². The molecule has 1 unspecified atom stereocenters. The SMILES string of the molecule is COC1(COC(C)=O)O[C@H](CO)[C@@H](C)[C@@H]1OC(C)=O. The van der Waals surface area contributed by atoms with Crippen LogP contribution in [0.15, 0.2) is 0 Å². The van der Waals surface area contributed by atoms with Crippen LogP contribution < -0.4 is 0 Å². The topological polar surface area (TPSA) is 91.3 Å². The van der Waals surface area contributed by atoms with Crippen molar-refractivity contribution in [1.82, 2.24) is 0 Å². The lowest BCUT2D eigenvalue weighted by Crippen LogP contribution is -2.49. The first-order chi connectivity index (χ1) is 8.86. The maximum atomic E-state index is 11.2. The van der Waals surface area contributed by atoms with Crippen molar-refractivity contribution in [2.75, 3.05) is 20.3 Å². The fourth-order valence-corrected chi connectivity index (χ4v) is 2.15. The number of rotatable bonds is 5. The first-order valence-electron chi connectivity index (χ1n) is 6.00. The first-order valence-corrected chi connectivity index (χ1v) is 6.00. The maximum absolute atomic E-state index is 11.2. The quantitative estimate of drug-likeness (QED) is 0.698. The van der Waals surface area contributed by atoms with Gasteiger partial charge in [0.25, 0.3) is 0 Å². The van der Waals surface area contributed by atoms with Gasteiger partial charge in [-0.3, -0.25) is 9.59 Å². The van der Waals surface area contributed by atoms with E-state index in [1.54, 1.807) is 6.92 Å². The number of aliphatic hydroxyl groups excluding tert-OH is 1. The van der Waals surface area contributed by atoms with E-state index in [0.29, 0.717) is 0 Å². The zero-order chi connectivity index (χ0) is 14.6. The number of hydrogen-bond donors (Lipinski definition) is 1. The summed E-state index contributed by atoms with van der Waals surface area (Å²) in [4.78, 5) is 22.1. The number of methoxy groups -OCH3 is 1. The number of esters is 2. The summed E-state index contributed by atoms with van der Waals surface area (Å²) in [5.41, 5.74) is 0. The highest BCUT2D eigenvalue weighted by molar-refractivity contribution is 5.66. The molecular weight excluding hydrogens is 256 g/mol. The average molecular weight is 276 g/mol. The maximum Gasteiger partial charge on any atom is 0.303 e. The number of hydrogen-bond acceptors (Lipinski definition) is 7. The fraction of sp³-hybridized carbons (Fsp3) is 0.833. The lowest BCUT2D eigenvalue weighted by molar-refractivity contribution is -0.270. The third kappa shape index (κ3) is 3.43. The molecule has 0 spiro atoms. The van der Waals surface area contributed by atoms with Gasteiger partial charge in [0.15, 0.2) is 6.10 Å². The number of carbonyl (C=O) groups excluding carboxylic acids is 2. The monoisotopic (exact) mass is 276 g/mol. The van der Waals surface area contributed by atoms with Gasteiger partial charge in [-0.1, -0.05) is 6.92 Å². The van der Waals surface area contributed by atoms with Crippen molar-refractivity contribution in [3.8, 4) is 0 Å². The molecule has 1 saturated heterocycles. The van der Waals surface area contributed by atoms with Gasteiger partial charge >= 0.3 is 11.9 Å². The van der Waals surface area contributed by atoms with E-state index in [-0.39, 0.29) is 19.1 Å². The molecule has 1 fully saturated rings. The largest absolute Gasteiger partial charge is 0.460 e. The van der Waals surface area contributed by atoms with Gasteiger partial charge in [0.2, 0.25) is 5.79 Å². The Labute approximate surface area is 111 Å². The van der Waals surface area contributed by atoms with Gasteiger partial charge in [-0.25, -0.2) is 0 Å². The fourth-order valence-electron chi connectivity index (χ4n) is 2.15. The molecule has 7 heteroatoms. The Morgan fingerprint density at radius 2 is 1.95 bits per heavy atom. The van der Waals surface area contributed by atoms with Crippen molar-refractivity contribution in [3.63, 3.8) is 0 Å². The van der Waals surface area contributed by atoms with Gasteiger partial charge in [-0.2, -0.15) is 0 Å². The Balaban J connectivity index is 2.95. The number of carbonyl (C=O) groups is 2. The van der Waals surface area contributed by atoms with E-state index in [1.165, 1.54) is 21.0 Å². The minimum absolute atomic E-state index is 0.211. The average Bonchev–Trinajstić information content (AvgIpc) is 2.61. The molecule has 0 radical (unpaired) electrons. The van der Waals surface area contributed by atoms with E-state index in [0.717, 1.165) is 0 Å². The lowest BCUT2D eigenvalue weighted by atomic mass is 9.96. The summed E-state index contributed by atoms with van der Waals surface area (Å²) < 4.78 is 21.0. The van der Waals surface area contributed by atoms with Crippen molar-refractivity contribution in [1.29, 1.82) is 0 Å². The molecule has 0 aromatic carbocycles. The molecule has 0 aromatic rings. The van der Waals surface area contributed by atoms with E-state index < -0.39 is 29.9 Å². The smallest absolute Gasteiger partial charge is 0.303 e. The molecule has 4 atom stereocenters. The van der Waals surface area contributed by atoms with Crippen molar-refractivity contribution in [2.45, 2.75) is 38.8 Å². The summed E-state index contributed by atoms with van der Waals surface area (Å²) >= 11 is 0. The van der Waals surface area contributed by atoms with E-state index in [4.69, 9.17) is 18.9 Å². The molecule has 0 bridgehead atoms. The minimum atomic E-state index is -1.38. The summed E-state index contributed by atoms with van der Waals surface area (Å²) in [6, 6.07) is 0. The molecule has 0 aromatic heterocycles. The zero-order valence-electron chi connectivity index (χ0n) is 11.5. The van der Waals surface area contributed by atoms with Gasteiger partial charge in [-0.05, 0) is 0 Å². The van der Waals surface area contributed by atoms with Gasteiger partial charge in [0.1, 0.15) is 6.61 Å². The van der Waals surface area contributed by atoms with Crippen LogP contribution in [0.4, 0.5) is 0 Å². The number of aliphatic hydroxyl groups is 1. The Hall–Kier alpha value is -1.18. The van der Waals surface area contributed by atoms with Crippen LogP contribution in [0.5, 0.6) is 0 Å². The van der Waals surface area contributed by atoms with Crippen molar-refractivity contribution < 1.29 is 33.6 Å². The van der Waals surface area contributed by atoms with Crippen LogP contribution >= 0.6 is 0 Å². The predicted molar refractivity (Wildman–Crippen MR) is 63.0 cm³/mol. The predicted octanol–water partition coefficient (Wildman–Crippen LogP) is -0.149. The molecule has 1 N–H and O–H groups in total. The third-order valence-electron chi connectivity index (χ3n) is 3.14. The summed E-state index contributed by atoms with van der Waals surface area (Å²) in [5.74, 6) is -2.67. The molecule has 0 aliphatic carbocycles. The molecule has 7 nitrogen and oxygen atoms in total. The van der Waals surface area contributed by atoms with Crippen LogP contribution in [0.1, 0.15) is 20.8 Å². The zero-order valence-corrected chi connectivity index (χ0v) is 11.5. The standard InChI is InChI=1S/C12H20O7/c1-7-10(5-13)19-12(16-4,6-17-8(2)14)11(7)18-9(3)15/h7,10-11,13H,5-6H2,1-4H3/t7-,10-,11+,12?/m1/s1. The molecule has 1 heterocycles. The van der Waals surface area contributed by atoms with Crippen LogP contribution in [-0.4, -0.2) is 55.4 Å². The highest BCUT2D eigenvalue weighted by Crippen LogP contribution is 2.38. The molecule has 110 valence electrons. The van der Waals surface area contributed by atoms with Crippen LogP contribution in [0.25, 0.3) is 0 Å². The van der Waals surface area contributed by atoms with Crippen molar-refractivity contribution >= 4 is 11.9 Å². The van der Waals surface area contributed by atoms with Gasteiger partial charge in [0, 0.05) is 26.9 Å². The Morgan fingerprint density at radius 3 is 2.37 bits per heavy atom. The van der Waals surface area contributed by atoms with Crippen LogP contribution in [0.3, 0.4) is 0 Å². The molecule has 1 aliphatic heterocycles. The van der Waals surface area contributed by atoms with E-state index in [9.17, 15) is 14.7 Å². The minimum Gasteiger partial charge on any atom is -0.460 e. The van der Waals surface area contributed by atoms with E-state index >= 15 is 0 Å². The molecule has 0 saturated carbocycles. The highest BCUT2D eigenvalue weighted by Gasteiger charge is 2.56. The second-order valence-corrected chi connectivity index (χ2v) is 4.52. The summed E-state index contributed by atoms with van der Waals surface area (Å²) in [6.07, 6.45) is -1.31. The molecule has 0 amide bonds. The summed E-state index contributed by atoms with van der Waals surface area (Å²) in [6.45, 7) is 3.84. The Bertz CT molecular complexity index is 343. The molecule has 1 rings (SSSR count). The van der Waals surface area contributed by atoms with E-state index in [2.05, 4.69) is 0 Å². The van der Waals surface area contributed by atoms with Gasteiger partial charge in [-0.15, -0.1) is 0 Å². The highest BCUT2D eigenvalue weighted by atomic mass is 16.7. The Morgan fingerprint density at radius 1 is 1.32 bits per heavy atom. The van der Waals surface area contributed by atoms with E-state index in [1.807, 2.05) is 0 Å². The second kappa shape index (κ2) is 6.31. The number of ether oxygens (including phenoxy) is 4. The molecule has 19 heavy (non-hydrogen) atoms. The summed E-state index contributed by atoms with van der Waals surface area (Å²) in [5, 5.41) is 9.26. The normalized spacial score (nSPS) is 34.1. The molecule has 1 aliphatic rings. The van der Waals surface area contributed by atoms with Gasteiger partial charge in [0.05, 0.1) is 12.7 Å². The summed E-state index contributed by atoms with van der Waals surface area (Å²) in [7, 11) is 1.37. The Kier molecular flexibility index (Phi) is 5.28. The van der Waals surface area contributed by atoms with Crippen molar-refractivity contribution in [3.05, 3.63) is 0 Å². The van der Waals surface area contributed by atoms with Gasteiger partial charge < -0.3 is 24.1 Å². The van der Waals surface area contributed by atoms with Crippen molar-refractivity contribution in [2.24, 2.45) is 5.92 Å². The lowest BCUT2D eigenvalue weighted by Gasteiger charge is -2.32. The molecular formula is C12H20O7. The van der Waals surface area contributed by atoms with Crippen LogP contribution in [0, 0.1) is 5.92 Å². The van der Waals surface area contributed by atoms with Crippen LogP contribution in [-0.2, 0) is 28.5 Å².